The molecule has 1 aromatic carbocycles. The van der Waals surface area contributed by atoms with Gasteiger partial charge in [-0.2, -0.15) is 0 Å². The van der Waals surface area contributed by atoms with Crippen LogP contribution in [-0.4, -0.2) is 4.98 Å². The largest absolute Gasteiger partial charge is 0.261 e. The number of aromatic nitrogens is 1. The van der Waals surface area contributed by atoms with Gasteiger partial charge in [0, 0.05) is 21.9 Å². The summed E-state index contributed by atoms with van der Waals surface area (Å²) >= 11 is 2.31. The Morgan fingerprint density at radius 3 is 2.43 bits per heavy atom. The third-order valence-corrected chi connectivity index (χ3v) is 2.74. The van der Waals surface area contributed by atoms with Crippen LogP contribution >= 0.6 is 22.6 Å². The SMILES string of the molecule is Ic1ccc(Cc2ccccn2)cc1. The zero-order chi connectivity index (χ0) is 9.80. The molecule has 1 aromatic heterocycles. The van der Waals surface area contributed by atoms with Gasteiger partial charge in [0.2, 0.25) is 0 Å². The van der Waals surface area contributed by atoms with Gasteiger partial charge >= 0.3 is 0 Å². The van der Waals surface area contributed by atoms with Crippen LogP contribution in [0.5, 0.6) is 0 Å². The summed E-state index contributed by atoms with van der Waals surface area (Å²) < 4.78 is 1.27. The summed E-state index contributed by atoms with van der Waals surface area (Å²) in [5.74, 6) is 0. The molecule has 0 unspecified atom stereocenters. The smallest absolute Gasteiger partial charge is 0.0447 e. The second kappa shape index (κ2) is 4.55. The molecule has 1 nitrogen and oxygen atoms in total. The van der Waals surface area contributed by atoms with Crippen LogP contribution in [0.1, 0.15) is 11.3 Å². The van der Waals surface area contributed by atoms with E-state index in [0.29, 0.717) is 0 Å². The normalized spacial score (nSPS) is 10.1. The fourth-order valence-electron chi connectivity index (χ4n) is 1.31. The molecule has 0 amide bonds. The molecule has 0 saturated carbocycles. The lowest BCUT2D eigenvalue weighted by atomic mass is 10.1. The zero-order valence-electron chi connectivity index (χ0n) is 7.65. The van der Waals surface area contributed by atoms with E-state index in [4.69, 9.17) is 0 Å². The monoisotopic (exact) mass is 295 g/mol. The summed E-state index contributed by atoms with van der Waals surface area (Å²) in [6.45, 7) is 0. The molecule has 0 spiro atoms. The van der Waals surface area contributed by atoms with E-state index < -0.39 is 0 Å². The minimum absolute atomic E-state index is 0.914. The summed E-state index contributed by atoms with van der Waals surface area (Å²) in [4.78, 5) is 4.29. The molecule has 2 heteroatoms. The Kier molecular flexibility index (Phi) is 3.14. The van der Waals surface area contributed by atoms with Crippen molar-refractivity contribution in [1.29, 1.82) is 0 Å². The molecule has 1 heterocycles. The van der Waals surface area contributed by atoms with Crippen molar-refractivity contribution in [2.75, 3.05) is 0 Å². The quantitative estimate of drug-likeness (QED) is 0.775. The molecule has 0 fully saturated rings. The summed E-state index contributed by atoms with van der Waals surface area (Å²) in [6, 6.07) is 14.6. The maximum Gasteiger partial charge on any atom is 0.0447 e. The Balaban J connectivity index is 2.16. The van der Waals surface area contributed by atoms with Gasteiger partial charge in [0.05, 0.1) is 0 Å². The summed E-state index contributed by atoms with van der Waals surface area (Å²) in [6.07, 6.45) is 2.75. The van der Waals surface area contributed by atoms with Crippen LogP contribution in [0.4, 0.5) is 0 Å². The molecule has 0 N–H and O–H groups in total. The third kappa shape index (κ3) is 2.54. The van der Waals surface area contributed by atoms with Gasteiger partial charge in [-0.05, 0) is 52.4 Å². The summed E-state index contributed by atoms with van der Waals surface area (Å²) in [7, 11) is 0. The van der Waals surface area contributed by atoms with Crippen LogP contribution in [0, 0.1) is 3.57 Å². The lowest BCUT2D eigenvalue weighted by Crippen LogP contribution is -1.90. The highest BCUT2D eigenvalue weighted by atomic mass is 127. The minimum atomic E-state index is 0.914. The van der Waals surface area contributed by atoms with Crippen molar-refractivity contribution >= 4 is 22.6 Å². The van der Waals surface area contributed by atoms with Crippen LogP contribution in [0.15, 0.2) is 48.7 Å². The van der Waals surface area contributed by atoms with Crippen molar-refractivity contribution in [3.63, 3.8) is 0 Å². The average molecular weight is 295 g/mol. The molecular formula is C12H10IN. The number of nitrogens with zero attached hydrogens (tertiary/aromatic N) is 1. The van der Waals surface area contributed by atoms with Gasteiger partial charge in [-0.1, -0.05) is 18.2 Å². The number of benzene rings is 1. The first-order valence-electron chi connectivity index (χ1n) is 4.49. The van der Waals surface area contributed by atoms with E-state index in [-0.39, 0.29) is 0 Å². The molecule has 0 aliphatic carbocycles. The second-order valence-corrected chi connectivity index (χ2v) is 4.37. The topological polar surface area (TPSA) is 12.9 Å². The standard InChI is InChI=1S/C12H10IN/c13-11-6-4-10(5-7-11)9-12-3-1-2-8-14-12/h1-8H,9H2. The van der Waals surface area contributed by atoms with Gasteiger partial charge in [-0.3, -0.25) is 4.98 Å². The molecule has 0 atom stereocenters. The highest BCUT2D eigenvalue weighted by Crippen LogP contribution is 2.10. The summed E-state index contributed by atoms with van der Waals surface area (Å²) in [5.41, 5.74) is 2.43. The number of halogens is 1. The minimum Gasteiger partial charge on any atom is -0.261 e. The molecule has 0 bridgehead atoms. The number of pyridine rings is 1. The highest BCUT2D eigenvalue weighted by molar-refractivity contribution is 14.1. The summed E-state index contributed by atoms with van der Waals surface area (Å²) in [5, 5.41) is 0. The van der Waals surface area contributed by atoms with E-state index in [1.807, 2.05) is 18.3 Å². The molecule has 0 radical (unpaired) electrons. The lowest BCUT2D eigenvalue weighted by molar-refractivity contribution is 1.07. The van der Waals surface area contributed by atoms with Crippen molar-refractivity contribution in [1.82, 2.24) is 4.98 Å². The number of rotatable bonds is 2. The van der Waals surface area contributed by atoms with Gasteiger partial charge in [0.25, 0.3) is 0 Å². The van der Waals surface area contributed by atoms with Crippen LogP contribution in [0.3, 0.4) is 0 Å². The van der Waals surface area contributed by atoms with Crippen molar-refractivity contribution in [3.8, 4) is 0 Å². The number of hydrogen-bond donors (Lipinski definition) is 0. The molecule has 0 aliphatic heterocycles. The molecule has 2 aromatic rings. The van der Waals surface area contributed by atoms with E-state index >= 15 is 0 Å². The first kappa shape index (κ1) is 9.65. The van der Waals surface area contributed by atoms with Gasteiger partial charge in [0.15, 0.2) is 0 Å². The Bertz CT molecular complexity index is 394. The maximum atomic E-state index is 4.29. The molecule has 0 aliphatic rings. The molecule has 70 valence electrons. The van der Waals surface area contributed by atoms with E-state index in [1.165, 1.54) is 9.13 Å². The molecule has 2 rings (SSSR count). The number of hydrogen-bond acceptors (Lipinski definition) is 1. The Morgan fingerprint density at radius 2 is 1.79 bits per heavy atom. The molecular weight excluding hydrogens is 285 g/mol. The van der Waals surface area contributed by atoms with Crippen LogP contribution in [-0.2, 0) is 6.42 Å². The van der Waals surface area contributed by atoms with E-state index in [1.54, 1.807) is 0 Å². The van der Waals surface area contributed by atoms with Gasteiger partial charge in [-0.25, -0.2) is 0 Å². The fourth-order valence-corrected chi connectivity index (χ4v) is 1.67. The zero-order valence-corrected chi connectivity index (χ0v) is 9.81. The fraction of sp³-hybridized carbons (Fsp3) is 0.0833. The van der Waals surface area contributed by atoms with Crippen molar-refractivity contribution < 1.29 is 0 Å². The van der Waals surface area contributed by atoms with E-state index in [9.17, 15) is 0 Å². The average Bonchev–Trinajstić information content (AvgIpc) is 2.23. The first-order chi connectivity index (χ1) is 6.84. The van der Waals surface area contributed by atoms with Gasteiger partial charge in [0.1, 0.15) is 0 Å². The van der Waals surface area contributed by atoms with Crippen molar-refractivity contribution in [2.45, 2.75) is 6.42 Å². The Morgan fingerprint density at radius 1 is 1.00 bits per heavy atom. The van der Waals surface area contributed by atoms with Gasteiger partial charge in [-0.15, -0.1) is 0 Å². The molecule has 0 saturated heterocycles. The van der Waals surface area contributed by atoms with Gasteiger partial charge < -0.3 is 0 Å². The first-order valence-corrected chi connectivity index (χ1v) is 5.57. The van der Waals surface area contributed by atoms with Crippen LogP contribution in [0.2, 0.25) is 0 Å². The lowest BCUT2D eigenvalue weighted by Gasteiger charge is -2.00. The predicted octanol–water partition coefficient (Wildman–Crippen LogP) is 3.28. The predicted molar refractivity (Wildman–Crippen MR) is 66.2 cm³/mol. The third-order valence-electron chi connectivity index (χ3n) is 2.02. The second-order valence-electron chi connectivity index (χ2n) is 3.12. The maximum absolute atomic E-state index is 4.29. The van der Waals surface area contributed by atoms with E-state index in [2.05, 4.69) is 57.9 Å². The Hall–Kier alpha value is -0.900. The highest BCUT2D eigenvalue weighted by Gasteiger charge is 1.95. The van der Waals surface area contributed by atoms with Crippen molar-refractivity contribution in [2.24, 2.45) is 0 Å². The van der Waals surface area contributed by atoms with Crippen molar-refractivity contribution in [3.05, 3.63) is 63.5 Å². The molecule has 14 heavy (non-hydrogen) atoms. The van der Waals surface area contributed by atoms with Crippen LogP contribution < -0.4 is 0 Å². The Labute approximate surface area is 97.3 Å². The van der Waals surface area contributed by atoms with Crippen LogP contribution in [0.25, 0.3) is 0 Å². The van der Waals surface area contributed by atoms with E-state index in [0.717, 1.165) is 12.1 Å².